The first-order valence-corrected chi connectivity index (χ1v) is 8.23. The van der Waals surface area contributed by atoms with Crippen molar-refractivity contribution in [2.45, 2.75) is 51.6 Å². The molecule has 0 saturated carbocycles. The molecule has 1 unspecified atom stereocenters. The predicted molar refractivity (Wildman–Crippen MR) is 85.1 cm³/mol. The molecular weight excluding hydrogens is 318 g/mol. The molecule has 1 fully saturated rings. The molecule has 0 N–H and O–H groups in total. The van der Waals surface area contributed by atoms with Gasteiger partial charge in [-0.15, -0.1) is 0 Å². The molecule has 3 nitrogen and oxygen atoms in total. The van der Waals surface area contributed by atoms with Crippen molar-refractivity contribution in [1.82, 2.24) is 0 Å². The number of amides is 1. The third-order valence-electron chi connectivity index (χ3n) is 3.68. The Balaban J connectivity index is 1.83. The van der Waals surface area contributed by atoms with E-state index in [4.69, 9.17) is 4.74 Å². The first kappa shape index (κ1) is 15.4. The number of unbranched alkanes of at least 4 members (excludes halogenated alkanes) is 3. The van der Waals surface area contributed by atoms with Gasteiger partial charge >= 0.3 is 6.09 Å². The molecule has 1 aliphatic rings. The molecule has 1 aromatic rings. The average molecular weight is 340 g/mol. The summed E-state index contributed by atoms with van der Waals surface area (Å²) in [6.45, 7) is 2.95. The van der Waals surface area contributed by atoms with Crippen molar-refractivity contribution >= 4 is 27.7 Å². The molecule has 0 radical (unpaired) electrons. The molecule has 110 valence electrons. The lowest BCUT2D eigenvalue weighted by Gasteiger charge is -2.31. The van der Waals surface area contributed by atoms with E-state index in [0.717, 1.165) is 36.0 Å². The first-order valence-electron chi connectivity index (χ1n) is 7.44. The Morgan fingerprint density at radius 2 is 2.00 bits per heavy atom. The Morgan fingerprint density at radius 3 is 2.65 bits per heavy atom. The van der Waals surface area contributed by atoms with Crippen LogP contribution in [0.5, 0.6) is 0 Å². The maximum Gasteiger partial charge on any atom is 0.414 e. The standard InChI is InChI=1S/C16H22BrNO2/c1-2-3-4-5-6-15-11-12-18(16(19)20-15)14-9-7-13(17)8-10-14/h7-10,15H,2-6,11-12H2,1H3. The number of anilines is 1. The van der Waals surface area contributed by atoms with Crippen molar-refractivity contribution in [3.05, 3.63) is 28.7 Å². The lowest BCUT2D eigenvalue weighted by molar-refractivity contribution is 0.0776. The van der Waals surface area contributed by atoms with Gasteiger partial charge in [-0.1, -0.05) is 42.1 Å². The quantitative estimate of drug-likeness (QED) is 0.672. The summed E-state index contributed by atoms with van der Waals surface area (Å²) < 4.78 is 6.55. The van der Waals surface area contributed by atoms with Crippen LogP contribution >= 0.6 is 15.9 Å². The van der Waals surface area contributed by atoms with Gasteiger partial charge in [-0.3, -0.25) is 4.90 Å². The fourth-order valence-electron chi connectivity index (χ4n) is 2.49. The highest BCUT2D eigenvalue weighted by atomic mass is 79.9. The van der Waals surface area contributed by atoms with Gasteiger partial charge in [0.1, 0.15) is 6.10 Å². The minimum atomic E-state index is -0.209. The number of carbonyl (C=O) groups is 1. The summed E-state index contributed by atoms with van der Waals surface area (Å²) in [5.41, 5.74) is 0.905. The Hall–Kier alpha value is -1.03. The summed E-state index contributed by atoms with van der Waals surface area (Å²) in [6, 6.07) is 7.76. The maximum absolute atomic E-state index is 12.1. The second-order valence-corrected chi connectivity index (χ2v) is 6.19. The zero-order valence-electron chi connectivity index (χ0n) is 12.0. The predicted octanol–water partition coefficient (Wildman–Crippen LogP) is 5.13. The Labute approximate surface area is 129 Å². The molecule has 2 rings (SSSR count). The van der Waals surface area contributed by atoms with E-state index in [1.807, 2.05) is 24.3 Å². The zero-order valence-corrected chi connectivity index (χ0v) is 13.6. The maximum atomic E-state index is 12.1. The van der Waals surface area contributed by atoms with Crippen molar-refractivity contribution in [3.8, 4) is 0 Å². The molecule has 1 heterocycles. The number of hydrogen-bond acceptors (Lipinski definition) is 2. The van der Waals surface area contributed by atoms with Crippen molar-refractivity contribution in [1.29, 1.82) is 0 Å². The largest absolute Gasteiger partial charge is 0.446 e. The van der Waals surface area contributed by atoms with Gasteiger partial charge in [-0.25, -0.2) is 4.79 Å². The zero-order chi connectivity index (χ0) is 14.4. The molecule has 20 heavy (non-hydrogen) atoms. The van der Waals surface area contributed by atoms with Gasteiger partial charge in [0.2, 0.25) is 0 Å². The van der Waals surface area contributed by atoms with Crippen LogP contribution in [-0.4, -0.2) is 18.7 Å². The van der Waals surface area contributed by atoms with Crippen LogP contribution in [-0.2, 0) is 4.74 Å². The van der Waals surface area contributed by atoms with Gasteiger partial charge < -0.3 is 4.74 Å². The fraction of sp³-hybridized carbons (Fsp3) is 0.562. The molecule has 1 amide bonds. The van der Waals surface area contributed by atoms with Crippen LogP contribution in [0.25, 0.3) is 0 Å². The highest BCUT2D eigenvalue weighted by Gasteiger charge is 2.27. The topological polar surface area (TPSA) is 29.5 Å². The molecular formula is C16H22BrNO2. The van der Waals surface area contributed by atoms with Crippen molar-refractivity contribution in [3.63, 3.8) is 0 Å². The monoisotopic (exact) mass is 339 g/mol. The van der Waals surface area contributed by atoms with Crippen LogP contribution < -0.4 is 4.90 Å². The molecule has 0 aliphatic carbocycles. The molecule has 0 aromatic heterocycles. The second-order valence-electron chi connectivity index (χ2n) is 5.27. The number of benzene rings is 1. The molecule has 4 heteroatoms. The van der Waals surface area contributed by atoms with Crippen molar-refractivity contribution < 1.29 is 9.53 Å². The summed E-state index contributed by atoms with van der Waals surface area (Å²) in [5.74, 6) is 0. The van der Waals surface area contributed by atoms with Crippen molar-refractivity contribution in [2.75, 3.05) is 11.4 Å². The van der Waals surface area contributed by atoms with E-state index in [-0.39, 0.29) is 12.2 Å². The molecule has 1 aromatic carbocycles. The van der Waals surface area contributed by atoms with E-state index in [2.05, 4.69) is 22.9 Å². The summed E-state index contributed by atoms with van der Waals surface area (Å²) >= 11 is 3.40. The van der Waals surface area contributed by atoms with Gasteiger partial charge in [-0.2, -0.15) is 0 Å². The SMILES string of the molecule is CCCCCCC1CCN(c2ccc(Br)cc2)C(=O)O1. The van der Waals surface area contributed by atoms with Crippen LogP contribution in [0.15, 0.2) is 28.7 Å². The molecule has 1 saturated heterocycles. The summed E-state index contributed by atoms with van der Waals surface area (Å²) in [5, 5.41) is 0. The minimum Gasteiger partial charge on any atom is -0.446 e. The number of hydrogen-bond donors (Lipinski definition) is 0. The van der Waals surface area contributed by atoms with Gasteiger partial charge in [0, 0.05) is 23.1 Å². The van der Waals surface area contributed by atoms with E-state index in [1.54, 1.807) is 4.90 Å². The van der Waals surface area contributed by atoms with Crippen LogP contribution in [0, 0.1) is 0 Å². The number of ether oxygens (including phenoxy) is 1. The lowest BCUT2D eigenvalue weighted by Crippen LogP contribution is -2.42. The third kappa shape index (κ3) is 4.23. The van der Waals surface area contributed by atoms with Crippen LogP contribution in [0.2, 0.25) is 0 Å². The Kier molecular flexibility index (Phi) is 5.89. The normalized spacial score (nSPS) is 19.0. The second kappa shape index (κ2) is 7.67. The number of nitrogens with zero attached hydrogens (tertiary/aromatic N) is 1. The van der Waals surface area contributed by atoms with Crippen molar-refractivity contribution in [2.24, 2.45) is 0 Å². The van der Waals surface area contributed by atoms with Gasteiger partial charge in [0.15, 0.2) is 0 Å². The average Bonchev–Trinajstić information content (AvgIpc) is 2.45. The van der Waals surface area contributed by atoms with E-state index < -0.39 is 0 Å². The summed E-state index contributed by atoms with van der Waals surface area (Å²) in [4.78, 5) is 13.8. The van der Waals surface area contributed by atoms with Gasteiger partial charge in [0.05, 0.1) is 0 Å². The summed E-state index contributed by atoms with van der Waals surface area (Å²) in [7, 11) is 0. The van der Waals surface area contributed by atoms with Gasteiger partial charge in [0.25, 0.3) is 0 Å². The summed E-state index contributed by atoms with van der Waals surface area (Å²) in [6.07, 6.45) is 6.72. The third-order valence-corrected chi connectivity index (χ3v) is 4.21. The van der Waals surface area contributed by atoms with Crippen LogP contribution in [0.4, 0.5) is 10.5 Å². The number of cyclic esters (lactones) is 1. The van der Waals surface area contributed by atoms with E-state index in [9.17, 15) is 4.79 Å². The van der Waals surface area contributed by atoms with E-state index in [0.29, 0.717) is 0 Å². The van der Waals surface area contributed by atoms with E-state index in [1.165, 1.54) is 19.3 Å². The number of rotatable bonds is 6. The fourth-order valence-corrected chi connectivity index (χ4v) is 2.75. The molecule has 1 atom stereocenters. The molecule has 0 spiro atoms. The Morgan fingerprint density at radius 1 is 1.25 bits per heavy atom. The first-order chi connectivity index (χ1) is 9.70. The van der Waals surface area contributed by atoms with E-state index >= 15 is 0 Å². The number of carbonyl (C=O) groups excluding carboxylic acids is 1. The van der Waals surface area contributed by atoms with Gasteiger partial charge in [-0.05, 0) is 37.1 Å². The molecule has 0 bridgehead atoms. The van der Waals surface area contributed by atoms with Crippen LogP contribution in [0.1, 0.15) is 45.4 Å². The highest BCUT2D eigenvalue weighted by molar-refractivity contribution is 9.10. The van der Waals surface area contributed by atoms with Crippen LogP contribution in [0.3, 0.4) is 0 Å². The highest BCUT2D eigenvalue weighted by Crippen LogP contribution is 2.24. The number of halogens is 1. The minimum absolute atomic E-state index is 0.103. The smallest absolute Gasteiger partial charge is 0.414 e. The molecule has 1 aliphatic heterocycles. The Bertz CT molecular complexity index is 433. The lowest BCUT2D eigenvalue weighted by atomic mass is 10.1.